The highest BCUT2D eigenvalue weighted by Crippen LogP contribution is 2.18. The summed E-state index contributed by atoms with van der Waals surface area (Å²) in [4.78, 5) is 0. The molecule has 0 aliphatic carbocycles. The van der Waals surface area contributed by atoms with Gasteiger partial charge in [-0.15, -0.1) is 0 Å². The third-order valence-electron chi connectivity index (χ3n) is 2.95. The third kappa shape index (κ3) is 4.02. The van der Waals surface area contributed by atoms with E-state index in [9.17, 15) is 0 Å². The van der Waals surface area contributed by atoms with Crippen LogP contribution in [0, 0.1) is 11.3 Å². The van der Waals surface area contributed by atoms with Gasteiger partial charge in [0.15, 0.2) is 0 Å². The zero-order valence-corrected chi connectivity index (χ0v) is 10.9. The molecule has 0 saturated carbocycles. The van der Waals surface area contributed by atoms with Gasteiger partial charge in [-0.25, -0.2) is 0 Å². The average Bonchev–Trinajstić information content (AvgIpc) is 2.42. The molecule has 0 aliphatic heterocycles. The molecule has 0 aliphatic rings. The molecule has 0 fully saturated rings. The van der Waals surface area contributed by atoms with Crippen molar-refractivity contribution in [1.82, 2.24) is 5.32 Å². The molecule has 4 nitrogen and oxygen atoms in total. The van der Waals surface area contributed by atoms with E-state index in [0.29, 0.717) is 23.9 Å². The Morgan fingerprint density at radius 2 is 2.28 bits per heavy atom. The van der Waals surface area contributed by atoms with Gasteiger partial charge >= 0.3 is 0 Å². The molecule has 0 radical (unpaired) electrons. The Labute approximate surface area is 108 Å². The van der Waals surface area contributed by atoms with Gasteiger partial charge in [0.05, 0.1) is 12.7 Å². The molecule has 98 valence electrons. The van der Waals surface area contributed by atoms with Gasteiger partial charge in [0, 0.05) is 19.2 Å². The predicted octanol–water partition coefficient (Wildman–Crippen LogP) is 1.82. The van der Waals surface area contributed by atoms with Gasteiger partial charge in [-0.1, -0.05) is 13.0 Å². The number of hydrogen-bond acceptors (Lipinski definition) is 4. The molecular weight excluding hydrogens is 228 g/mol. The number of aliphatic hydroxyl groups excluding tert-OH is 1. The number of hydrogen-bond donors (Lipinski definition) is 2. The van der Waals surface area contributed by atoms with Crippen LogP contribution in [0.1, 0.15) is 30.9 Å². The van der Waals surface area contributed by atoms with Crippen molar-refractivity contribution >= 4 is 0 Å². The highest BCUT2D eigenvalue weighted by atomic mass is 16.5. The van der Waals surface area contributed by atoms with Crippen LogP contribution < -0.4 is 10.1 Å². The van der Waals surface area contributed by atoms with E-state index >= 15 is 0 Å². The molecule has 0 spiro atoms. The number of rotatable bonds is 7. The van der Waals surface area contributed by atoms with Gasteiger partial charge in [-0.05, 0) is 30.5 Å². The maximum Gasteiger partial charge on any atom is 0.136 e. The number of aliphatic hydroxyl groups is 1. The summed E-state index contributed by atoms with van der Waals surface area (Å²) >= 11 is 0. The summed E-state index contributed by atoms with van der Waals surface area (Å²) in [5.41, 5.74) is 1.59. The molecule has 1 aromatic carbocycles. The molecule has 1 atom stereocenters. The van der Waals surface area contributed by atoms with Crippen LogP contribution in [0.3, 0.4) is 0 Å². The molecular formula is C14H20N2O2. The molecule has 4 heteroatoms. The molecule has 0 heterocycles. The fourth-order valence-corrected chi connectivity index (χ4v) is 1.82. The smallest absolute Gasteiger partial charge is 0.136 e. The second-order valence-corrected chi connectivity index (χ2v) is 4.14. The zero-order chi connectivity index (χ0) is 13.4. The van der Waals surface area contributed by atoms with Crippen LogP contribution in [0.2, 0.25) is 0 Å². The first kappa shape index (κ1) is 14.5. The normalized spacial score (nSPS) is 11.9. The molecule has 1 unspecified atom stereocenters. The molecule has 1 aromatic rings. The Balaban J connectivity index is 2.65. The van der Waals surface area contributed by atoms with Crippen LogP contribution in [0.25, 0.3) is 0 Å². The number of nitrogens with zero attached hydrogens (tertiary/aromatic N) is 1. The number of nitrogens with one attached hydrogen (secondary N) is 1. The number of methoxy groups -OCH3 is 1. The van der Waals surface area contributed by atoms with Gasteiger partial charge < -0.3 is 15.2 Å². The fraction of sp³-hybridized carbons (Fsp3) is 0.500. The average molecular weight is 248 g/mol. The second-order valence-electron chi connectivity index (χ2n) is 4.14. The van der Waals surface area contributed by atoms with E-state index in [0.717, 1.165) is 18.4 Å². The second kappa shape index (κ2) is 7.70. The van der Waals surface area contributed by atoms with Crippen molar-refractivity contribution in [3.05, 3.63) is 29.3 Å². The fourth-order valence-electron chi connectivity index (χ4n) is 1.82. The highest BCUT2D eigenvalue weighted by Gasteiger charge is 2.07. The minimum Gasteiger partial charge on any atom is -0.495 e. The Bertz CT molecular complexity index is 413. The van der Waals surface area contributed by atoms with E-state index in [1.54, 1.807) is 7.11 Å². The Morgan fingerprint density at radius 1 is 1.50 bits per heavy atom. The van der Waals surface area contributed by atoms with Gasteiger partial charge in [-0.2, -0.15) is 5.26 Å². The van der Waals surface area contributed by atoms with Crippen molar-refractivity contribution in [3.8, 4) is 11.8 Å². The van der Waals surface area contributed by atoms with Crippen molar-refractivity contribution in [2.45, 2.75) is 32.4 Å². The first-order chi connectivity index (χ1) is 8.74. The summed E-state index contributed by atoms with van der Waals surface area (Å²) < 4.78 is 5.10. The van der Waals surface area contributed by atoms with E-state index in [1.165, 1.54) is 0 Å². The minimum atomic E-state index is 0.192. The van der Waals surface area contributed by atoms with Crippen molar-refractivity contribution in [2.24, 2.45) is 0 Å². The first-order valence-corrected chi connectivity index (χ1v) is 6.16. The topological polar surface area (TPSA) is 65.3 Å². The maximum absolute atomic E-state index is 9.00. The summed E-state index contributed by atoms with van der Waals surface area (Å²) in [6.07, 6.45) is 1.72. The summed E-state index contributed by atoms with van der Waals surface area (Å²) in [5, 5.41) is 21.3. The van der Waals surface area contributed by atoms with Crippen molar-refractivity contribution in [1.29, 1.82) is 5.26 Å². The molecule has 18 heavy (non-hydrogen) atoms. The third-order valence-corrected chi connectivity index (χ3v) is 2.95. The van der Waals surface area contributed by atoms with Crippen LogP contribution >= 0.6 is 0 Å². The van der Waals surface area contributed by atoms with Gasteiger partial charge in [0.1, 0.15) is 11.8 Å². The SMILES string of the molecule is CCC(CCO)NCc1ccc(OC)c(C#N)c1. The van der Waals surface area contributed by atoms with Crippen molar-refractivity contribution in [2.75, 3.05) is 13.7 Å². The van der Waals surface area contributed by atoms with E-state index in [-0.39, 0.29) is 6.61 Å². The quantitative estimate of drug-likeness (QED) is 0.772. The van der Waals surface area contributed by atoms with Crippen LogP contribution in [0.15, 0.2) is 18.2 Å². The van der Waals surface area contributed by atoms with Crippen molar-refractivity contribution in [3.63, 3.8) is 0 Å². The molecule has 2 N–H and O–H groups in total. The first-order valence-electron chi connectivity index (χ1n) is 6.16. The number of ether oxygens (including phenoxy) is 1. The number of benzene rings is 1. The molecule has 0 bridgehead atoms. The van der Waals surface area contributed by atoms with Gasteiger partial charge in [0.25, 0.3) is 0 Å². The largest absolute Gasteiger partial charge is 0.495 e. The van der Waals surface area contributed by atoms with Crippen LogP contribution in [0.5, 0.6) is 5.75 Å². The lowest BCUT2D eigenvalue weighted by atomic mass is 10.1. The summed E-state index contributed by atoms with van der Waals surface area (Å²) in [5.74, 6) is 0.601. The molecule has 0 saturated heterocycles. The lowest BCUT2D eigenvalue weighted by Gasteiger charge is -2.16. The molecule has 1 rings (SSSR count). The standard InChI is InChI=1S/C14H20N2O2/c1-3-13(6-7-17)16-10-11-4-5-14(18-2)12(8-11)9-15/h4-5,8,13,16-17H,3,6-7,10H2,1-2H3. The number of nitriles is 1. The van der Waals surface area contributed by atoms with Crippen LogP contribution in [-0.2, 0) is 6.54 Å². The molecule has 0 amide bonds. The lowest BCUT2D eigenvalue weighted by Crippen LogP contribution is -2.28. The Morgan fingerprint density at radius 3 is 2.83 bits per heavy atom. The van der Waals surface area contributed by atoms with E-state index in [4.69, 9.17) is 15.1 Å². The monoisotopic (exact) mass is 248 g/mol. The van der Waals surface area contributed by atoms with E-state index in [1.807, 2.05) is 18.2 Å². The molecule has 0 aromatic heterocycles. The van der Waals surface area contributed by atoms with Crippen LogP contribution in [-0.4, -0.2) is 24.9 Å². The zero-order valence-electron chi connectivity index (χ0n) is 10.9. The van der Waals surface area contributed by atoms with E-state index in [2.05, 4.69) is 18.3 Å². The van der Waals surface area contributed by atoms with Gasteiger partial charge in [-0.3, -0.25) is 0 Å². The summed E-state index contributed by atoms with van der Waals surface area (Å²) in [7, 11) is 1.56. The minimum absolute atomic E-state index is 0.192. The predicted molar refractivity (Wildman–Crippen MR) is 70.3 cm³/mol. The Hall–Kier alpha value is -1.57. The Kier molecular flexibility index (Phi) is 6.20. The summed E-state index contributed by atoms with van der Waals surface area (Å²) in [6, 6.07) is 8.01. The van der Waals surface area contributed by atoms with E-state index < -0.39 is 0 Å². The van der Waals surface area contributed by atoms with Gasteiger partial charge in [0.2, 0.25) is 0 Å². The highest BCUT2D eigenvalue weighted by molar-refractivity contribution is 5.45. The van der Waals surface area contributed by atoms with Crippen LogP contribution in [0.4, 0.5) is 0 Å². The lowest BCUT2D eigenvalue weighted by molar-refractivity contribution is 0.262. The summed E-state index contributed by atoms with van der Waals surface area (Å²) in [6.45, 7) is 2.97. The maximum atomic E-state index is 9.00. The van der Waals surface area contributed by atoms with Crippen molar-refractivity contribution < 1.29 is 9.84 Å².